The van der Waals surface area contributed by atoms with E-state index in [4.69, 9.17) is 30.2 Å². The van der Waals surface area contributed by atoms with E-state index in [1.807, 2.05) is 18.2 Å². The van der Waals surface area contributed by atoms with E-state index >= 15 is 0 Å². The van der Waals surface area contributed by atoms with Crippen LogP contribution in [-0.2, 0) is 6.61 Å². The Labute approximate surface area is 142 Å². The van der Waals surface area contributed by atoms with Gasteiger partial charge < -0.3 is 18.6 Å². The second-order valence-corrected chi connectivity index (χ2v) is 5.75. The summed E-state index contributed by atoms with van der Waals surface area (Å²) in [5.41, 5.74) is 0.956. The highest BCUT2D eigenvalue weighted by Crippen LogP contribution is 2.38. The largest absolute Gasteiger partial charge is 0.489 e. The molecule has 0 fully saturated rings. The van der Waals surface area contributed by atoms with Gasteiger partial charge in [-0.3, -0.25) is 0 Å². The predicted octanol–water partition coefficient (Wildman–Crippen LogP) is 3.80. The Morgan fingerprint density at radius 1 is 1.04 bits per heavy atom. The van der Waals surface area contributed by atoms with Crippen LogP contribution in [0.15, 0.2) is 51.7 Å². The highest BCUT2D eigenvalue weighted by molar-refractivity contribution is 6.32. The summed E-state index contributed by atoms with van der Waals surface area (Å²) < 4.78 is 22.0. The molecule has 0 aliphatic carbocycles. The fourth-order valence-corrected chi connectivity index (χ4v) is 2.83. The van der Waals surface area contributed by atoms with Gasteiger partial charge in [-0.1, -0.05) is 11.6 Å². The van der Waals surface area contributed by atoms with Crippen LogP contribution in [0.5, 0.6) is 17.2 Å². The van der Waals surface area contributed by atoms with Crippen molar-refractivity contribution in [2.75, 3.05) is 13.2 Å². The number of hydrogen-bond donors (Lipinski definition) is 0. The molecule has 1 aromatic heterocycles. The maximum absolute atomic E-state index is 11.3. The molecule has 0 bridgehead atoms. The minimum absolute atomic E-state index is 0.304. The molecule has 1 aliphatic rings. The Bertz CT molecular complexity index is 963. The van der Waals surface area contributed by atoms with Crippen LogP contribution in [0.4, 0.5) is 0 Å². The molecule has 0 amide bonds. The van der Waals surface area contributed by atoms with Crippen molar-refractivity contribution in [2.45, 2.75) is 6.61 Å². The molecule has 24 heavy (non-hydrogen) atoms. The van der Waals surface area contributed by atoms with Crippen molar-refractivity contribution >= 4 is 22.6 Å². The fraction of sp³-hybridized carbons (Fsp3) is 0.167. The quantitative estimate of drug-likeness (QED) is 0.676. The van der Waals surface area contributed by atoms with Gasteiger partial charge in [0.25, 0.3) is 0 Å². The SMILES string of the molecule is O=c1ccc2ccc(OCc3cc(Cl)c4c(c3)OCCO4)cc2o1. The molecule has 2 aromatic carbocycles. The predicted molar refractivity (Wildman–Crippen MR) is 89.3 cm³/mol. The molecule has 6 heteroatoms. The lowest BCUT2D eigenvalue weighted by Crippen LogP contribution is -2.16. The molecule has 0 spiro atoms. The van der Waals surface area contributed by atoms with Gasteiger partial charge in [-0.25, -0.2) is 4.79 Å². The lowest BCUT2D eigenvalue weighted by molar-refractivity contribution is 0.171. The van der Waals surface area contributed by atoms with Crippen molar-refractivity contribution in [2.24, 2.45) is 0 Å². The molecule has 0 atom stereocenters. The van der Waals surface area contributed by atoms with Crippen molar-refractivity contribution in [1.82, 2.24) is 0 Å². The third-order valence-electron chi connectivity index (χ3n) is 3.66. The van der Waals surface area contributed by atoms with Gasteiger partial charge in [-0.2, -0.15) is 0 Å². The van der Waals surface area contributed by atoms with Gasteiger partial charge >= 0.3 is 5.63 Å². The van der Waals surface area contributed by atoms with E-state index in [0.29, 0.717) is 47.7 Å². The summed E-state index contributed by atoms with van der Waals surface area (Å²) in [4.78, 5) is 11.3. The van der Waals surface area contributed by atoms with Crippen LogP contribution in [0.1, 0.15) is 5.56 Å². The summed E-state index contributed by atoms with van der Waals surface area (Å²) in [6.07, 6.45) is 0. The molecular weight excluding hydrogens is 332 g/mol. The summed E-state index contributed by atoms with van der Waals surface area (Å²) in [5, 5.41) is 1.33. The van der Waals surface area contributed by atoms with E-state index < -0.39 is 5.63 Å². The molecule has 1 aliphatic heterocycles. The Morgan fingerprint density at radius 3 is 2.79 bits per heavy atom. The summed E-state index contributed by atoms with van der Waals surface area (Å²) >= 11 is 6.21. The van der Waals surface area contributed by atoms with Crippen LogP contribution in [0.3, 0.4) is 0 Å². The number of fused-ring (bicyclic) bond motifs is 2. The molecule has 0 saturated carbocycles. The van der Waals surface area contributed by atoms with Crippen molar-refractivity contribution in [3.8, 4) is 17.2 Å². The minimum Gasteiger partial charge on any atom is -0.489 e. The third-order valence-corrected chi connectivity index (χ3v) is 3.94. The Balaban J connectivity index is 1.56. The lowest BCUT2D eigenvalue weighted by Gasteiger charge is -2.20. The number of rotatable bonds is 3. The first-order chi connectivity index (χ1) is 11.7. The molecule has 2 heterocycles. The summed E-state index contributed by atoms with van der Waals surface area (Å²) in [5.74, 6) is 1.79. The second kappa shape index (κ2) is 6.09. The summed E-state index contributed by atoms with van der Waals surface area (Å²) in [7, 11) is 0. The molecule has 5 nitrogen and oxygen atoms in total. The maximum atomic E-state index is 11.3. The minimum atomic E-state index is -0.390. The summed E-state index contributed by atoms with van der Waals surface area (Å²) in [6, 6.07) is 12.1. The number of ether oxygens (including phenoxy) is 3. The van der Waals surface area contributed by atoms with Crippen LogP contribution in [-0.4, -0.2) is 13.2 Å². The first-order valence-corrected chi connectivity index (χ1v) is 7.81. The molecule has 4 rings (SSSR count). The smallest absolute Gasteiger partial charge is 0.336 e. The van der Waals surface area contributed by atoms with Gasteiger partial charge in [0.05, 0.1) is 5.02 Å². The van der Waals surface area contributed by atoms with E-state index in [1.54, 1.807) is 18.2 Å². The molecular formula is C18H13ClO5. The van der Waals surface area contributed by atoms with Crippen LogP contribution >= 0.6 is 11.6 Å². The Morgan fingerprint density at radius 2 is 1.88 bits per heavy atom. The first kappa shape index (κ1) is 14.9. The Kier molecular flexibility index (Phi) is 3.78. The lowest BCUT2D eigenvalue weighted by atomic mass is 10.2. The molecule has 122 valence electrons. The Hall–Kier alpha value is -2.66. The van der Waals surface area contributed by atoms with Crippen LogP contribution in [0.25, 0.3) is 11.0 Å². The molecule has 0 radical (unpaired) electrons. The first-order valence-electron chi connectivity index (χ1n) is 7.44. The van der Waals surface area contributed by atoms with E-state index in [-0.39, 0.29) is 0 Å². The van der Waals surface area contributed by atoms with Crippen LogP contribution in [0.2, 0.25) is 5.02 Å². The molecule has 0 N–H and O–H groups in total. The standard InChI is InChI=1S/C18H13ClO5/c19-14-7-11(8-16-18(14)22-6-5-21-16)10-23-13-3-1-12-2-4-17(20)24-15(12)9-13/h1-4,7-9H,5-6,10H2. The third kappa shape index (κ3) is 2.90. The van der Waals surface area contributed by atoms with Crippen molar-refractivity contribution < 1.29 is 18.6 Å². The highest BCUT2D eigenvalue weighted by atomic mass is 35.5. The van der Waals surface area contributed by atoms with E-state index in [2.05, 4.69) is 0 Å². The zero-order valence-corrected chi connectivity index (χ0v) is 13.3. The van der Waals surface area contributed by atoms with Crippen molar-refractivity contribution in [1.29, 1.82) is 0 Å². The monoisotopic (exact) mass is 344 g/mol. The number of halogens is 1. The van der Waals surface area contributed by atoms with Gasteiger partial charge in [0.1, 0.15) is 31.2 Å². The average molecular weight is 345 g/mol. The molecule has 0 unspecified atom stereocenters. The van der Waals surface area contributed by atoms with Crippen LogP contribution in [0, 0.1) is 0 Å². The second-order valence-electron chi connectivity index (χ2n) is 5.34. The highest BCUT2D eigenvalue weighted by Gasteiger charge is 2.16. The van der Waals surface area contributed by atoms with Gasteiger partial charge in [0.15, 0.2) is 11.5 Å². The van der Waals surface area contributed by atoms with Crippen molar-refractivity contribution in [3.63, 3.8) is 0 Å². The van der Waals surface area contributed by atoms with Crippen molar-refractivity contribution in [3.05, 3.63) is 63.5 Å². The van der Waals surface area contributed by atoms with Gasteiger partial charge in [0.2, 0.25) is 0 Å². The zero-order valence-electron chi connectivity index (χ0n) is 12.6. The zero-order chi connectivity index (χ0) is 16.5. The number of benzene rings is 2. The topological polar surface area (TPSA) is 57.9 Å². The number of hydrogen-bond acceptors (Lipinski definition) is 5. The van der Waals surface area contributed by atoms with Gasteiger partial charge in [0, 0.05) is 17.5 Å². The van der Waals surface area contributed by atoms with E-state index in [0.717, 1.165) is 10.9 Å². The van der Waals surface area contributed by atoms with E-state index in [9.17, 15) is 4.79 Å². The van der Waals surface area contributed by atoms with E-state index in [1.165, 1.54) is 6.07 Å². The fourth-order valence-electron chi connectivity index (χ4n) is 2.55. The maximum Gasteiger partial charge on any atom is 0.336 e. The average Bonchev–Trinajstić information content (AvgIpc) is 2.59. The summed E-state index contributed by atoms with van der Waals surface area (Å²) in [6.45, 7) is 1.29. The van der Waals surface area contributed by atoms with Gasteiger partial charge in [-0.15, -0.1) is 0 Å². The molecule has 0 saturated heterocycles. The van der Waals surface area contributed by atoms with Gasteiger partial charge in [-0.05, 0) is 35.9 Å². The normalized spacial score (nSPS) is 13.0. The van der Waals surface area contributed by atoms with Crippen LogP contribution < -0.4 is 19.8 Å². The molecule has 3 aromatic rings.